The fourth-order valence-electron chi connectivity index (χ4n) is 0.924. The van der Waals surface area contributed by atoms with Gasteiger partial charge in [0.05, 0.1) is 0 Å². The molecular weight excluding hydrogens is 182 g/mol. The van der Waals surface area contributed by atoms with Crippen LogP contribution in [-0.4, -0.2) is 12.2 Å². The van der Waals surface area contributed by atoms with Crippen LogP contribution >= 0.6 is 11.8 Å². The molecule has 0 aliphatic rings. The second kappa shape index (κ2) is 4.72. The van der Waals surface area contributed by atoms with Crippen molar-refractivity contribution in [2.24, 2.45) is 5.73 Å². The fourth-order valence-corrected chi connectivity index (χ4v) is 1.39. The lowest BCUT2D eigenvalue weighted by Gasteiger charge is -1.96. The second-order valence-corrected chi connectivity index (χ2v) is 3.39. The highest BCUT2D eigenvalue weighted by Crippen LogP contribution is 2.16. The average molecular weight is 193 g/mol. The second-order valence-electron chi connectivity index (χ2n) is 2.51. The molecule has 1 rings (SSSR count). The maximum atomic E-state index is 10.5. The lowest BCUT2D eigenvalue weighted by molar-refractivity contribution is -0.113. The van der Waals surface area contributed by atoms with Gasteiger partial charge >= 0.3 is 0 Å². The van der Waals surface area contributed by atoms with E-state index in [0.717, 1.165) is 5.56 Å². The molecule has 0 aliphatic heterocycles. The van der Waals surface area contributed by atoms with Gasteiger partial charge < -0.3 is 5.73 Å². The van der Waals surface area contributed by atoms with E-state index in [0.29, 0.717) is 0 Å². The summed E-state index contributed by atoms with van der Waals surface area (Å²) < 4.78 is 0. The highest BCUT2D eigenvalue weighted by Gasteiger charge is 1.91. The van der Waals surface area contributed by atoms with E-state index in [1.165, 1.54) is 11.0 Å². The minimum Gasteiger partial charge on any atom is -0.366 e. The summed E-state index contributed by atoms with van der Waals surface area (Å²) >= 11 is 1.67. The molecule has 1 aromatic rings. The van der Waals surface area contributed by atoms with Gasteiger partial charge in [-0.2, -0.15) is 0 Å². The molecular formula is C10H11NOS. The van der Waals surface area contributed by atoms with Gasteiger partial charge in [0, 0.05) is 11.0 Å². The van der Waals surface area contributed by atoms with Crippen LogP contribution in [0.1, 0.15) is 5.56 Å². The van der Waals surface area contributed by atoms with E-state index in [4.69, 9.17) is 5.73 Å². The summed E-state index contributed by atoms with van der Waals surface area (Å²) in [6, 6.07) is 7.90. The number of hydrogen-bond acceptors (Lipinski definition) is 2. The molecule has 0 unspecified atom stereocenters. The number of carbonyl (C=O) groups is 1. The van der Waals surface area contributed by atoms with Crippen molar-refractivity contribution in [3.63, 3.8) is 0 Å². The van der Waals surface area contributed by atoms with Gasteiger partial charge in [0.25, 0.3) is 0 Å². The number of primary amides is 1. The normalized spacial score (nSPS) is 10.5. The summed E-state index contributed by atoms with van der Waals surface area (Å²) in [5, 5.41) is 0. The zero-order valence-electron chi connectivity index (χ0n) is 7.36. The van der Waals surface area contributed by atoms with Gasteiger partial charge in [-0.05, 0) is 30.0 Å². The minimum atomic E-state index is -0.422. The van der Waals surface area contributed by atoms with Crippen molar-refractivity contribution in [3.8, 4) is 0 Å². The summed E-state index contributed by atoms with van der Waals surface area (Å²) in [6.07, 6.45) is 5.08. The molecule has 0 spiro atoms. The first-order chi connectivity index (χ1) is 6.22. The minimum absolute atomic E-state index is 0.422. The molecule has 1 amide bonds. The van der Waals surface area contributed by atoms with Crippen LogP contribution in [0.25, 0.3) is 6.08 Å². The Morgan fingerprint density at radius 2 is 2.31 bits per heavy atom. The van der Waals surface area contributed by atoms with Crippen molar-refractivity contribution >= 4 is 23.7 Å². The maximum Gasteiger partial charge on any atom is 0.241 e. The van der Waals surface area contributed by atoms with Crippen LogP contribution in [0.2, 0.25) is 0 Å². The van der Waals surface area contributed by atoms with E-state index >= 15 is 0 Å². The predicted molar refractivity (Wildman–Crippen MR) is 56.5 cm³/mol. The van der Waals surface area contributed by atoms with E-state index in [2.05, 4.69) is 0 Å². The SMILES string of the molecule is CSc1cccc(C=CC(N)=O)c1. The Kier molecular flexibility index (Phi) is 3.58. The van der Waals surface area contributed by atoms with Crippen molar-refractivity contribution in [2.75, 3.05) is 6.26 Å². The van der Waals surface area contributed by atoms with Crippen molar-refractivity contribution in [1.82, 2.24) is 0 Å². The zero-order valence-corrected chi connectivity index (χ0v) is 8.17. The molecule has 0 radical (unpaired) electrons. The van der Waals surface area contributed by atoms with Crippen molar-refractivity contribution < 1.29 is 4.79 Å². The Labute approximate surface area is 81.8 Å². The molecule has 0 aromatic heterocycles. The van der Waals surface area contributed by atoms with Crippen LogP contribution in [0.5, 0.6) is 0 Å². The van der Waals surface area contributed by atoms with Crippen LogP contribution in [0, 0.1) is 0 Å². The fraction of sp³-hybridized carbons (Fsp3) is 0.100. The van der Waals surface area contributed by atoms with Gasteiger partial charge in [-0.1, -0.05) is 12.1 Å². The first-order valence-corrected chi connectivity index (χ1v) is 5.06. The lowest BCUT2D eigenvalue weighted by Crippen LogP contribution is -2.05. The molecule has 0 aliphatic carbocycles. The van der Waals surface area contributed by atoms with E-state index in [-0.39, 0.29) is 0 Å². The summed E-state index contributed by atoms with van der Waals surface area (Å²) in [5.41, 5.74) is 5.97. The first kappa shape index (κ1) is 9.86. The molecule has 68 valence electrons. The third-order valence-corrected chi connectivity index (χ3v) is 2.26. The summed E-state index contributed by atoms with van der Waals surface area (Å²) in [7, 11) is 0. The Hall–Kier alpha value is -1.22. The van der Waals surface area contributed by atoms with Gasteiger partial charge in [-0.15, -0.1) is 11.8 Å². The Morgan fingerprint density at radius 3 is 2.92 bits per heavy atom. The number of nitrogens with two attached hydrogens (primary N) is 1. The van der Waals surface area contributed by atoms with Gasteiger partial charge in [0.1, 0.15) is 0 Å². The molecule has 13 heavy (non-hydrogen) atoms. The number of carbonyl (C=O) groups excluding carboxylic acids is 1. The van der Waals surface area contributed by atoms with Gasteiger partial charge in [0.15, 0.2) is 0 Å². The number of benzene rings is 1. The third kappa shape index (κ3) is 3.34. The summed E-state index contributed by atoms with van der Waals surface area (Å²) in [6.45, 7) is 0. The third-order valence-electron chi connectivity index (χ3n) is 1.53. The first-order valence-electron chi connectivity index (χ1n) is 3.84. The highest BCUT2D eigenvalue weighted by molar-refractivity contribution is 7.98. The molecule has 0 atom stereocenters. The molecule has 0 fully saturated rings. The number of rotatable bonds is 3. The van der Waals surface area contributed by atoms with Gasteiger partial charge in [-0.25, -0.2) is 0 Å². The van der Waals surface area contributed by atoms with Crippen molar-refractivity contribution in [1.29, 1.82) is 0 Å². The monoisotopic (exact) mass is 193 g/mol. The molecule has 2 N–H and O–H groups in total. The lowest BCUT2D eigenvalue weighted by atomic mass is 10.2. The molecule has 0 saturated carbocycles. The maximum absolute atomic E-state index is 10.5. The molecule has 0 saturated heterocycles. The standard InChI is InChI=1S/C10H11NOS/c1-13-9-4-2-3-8(7-9)5-6-10(11)12/h2-7H,1H3,(H2,11,12). The molecule has 0 bridgehead atoms. The highest BCUT2D eigenvalue weighted by atomic mass is 32.2. The summed E-state index contributed by atoms with van der Waals surface area (Å²) in [5.74, 6) is -0.422. The van der Waals surface area contributed by atoms with Crippen LogP contribution in [0.15, 0.2) is 35.2 Å². The number of hydrogen-bond donors (Lipinski definition) is 1. The Morgan fingerprint density at radius 1 is 1.54 bits per heavy atom. The Balaban J connectivity index is 2.83. The summed E-state index contributed by atoms with van der Waals surface area (Å²) in [4.78, 5) is 11.6. The molecule has 2 nitrogen and oxygen atoms in total. The van der Waals surface area contributed by atoms with Crippen LogP contribution in [-0.2, 0) is 4.79 Å². The van der Waals surface area contributed by atoms with E-state index in [1.807, 2.05) is 30.5 Å². The molecule has 0 heterocycles. The molecule has 3 heteroatoms. The van der Waals surface area contributed by atoms with Crippen molar-refractivity contribution in [3.05, 3.63) is 35.9 Å². The van der Waals surface area contributed by atoms with E-state index < -0.39 is 5.91 Å². The quantitative estimate of drug-likeness (QED) is 0.588. The van der Waals surface area contributed by atoms with Crippen LogP contribution in [0.3, 0.4) is 0 Å². The number of thioether (sulfide) groups is 1. The Bertz CT molecular complexity index is 333. The predicted octanol–water partition coefficient (Wildman–Crippen LogP) is 1.91. The van der Waals surface area contributed by atoms with Crippen LogP contribution < -0.4 is 5.73 Å². The van der Waals surface area contributed by atoms with Gasteiger partial charge in [-0.3, -0.25) is 4.79 Å². The average Bonchev–Trinajstić information content (AvgIpc) is 2.15. The van der Waals surface area contributed by atoms with Crippen LogP contribution in [0.4, 0.5) is 0 Å². The smallest absolute Gasteiger partial charge is 0.241 e. The van der Waals surface area contributed by atoms with Gasteiger partial charge in [0.2, 0.25) is 5.91 Å². The number of amides is 1. The van der Waals surface area contributed by atoms with Crippen molar-refractivity contribution in [2.45, 2.75) is 4.90 Å². The van der Waals surface area contributed by atoms with E-state index in [1.54, 1.807) is 17.8 Å². The topological polar surface area (TPSA) is 43.1 Å². The zero-order chi connectivity index (χ0) is 9.68. The molecule has 1 aromatic carbocycles. The largest absolute Gasteiger partial charge is 0.366 e. The van der Waals surface area contributed by atoms with E-state index in [9.17, 15) is 4.79 Å².